The van der Waals surface area contributed by atoms with Crippen molar-refractivity contribution in [1.29, 1.82) is 0 Å². The standard InChI is InChI=1S/C57H64N4O/c1-33(2)43-16-14-17-44(34(3)4)52(43)38-27-39(55-59-57(13,32-62-55)53(35(5)6)36(7)8)29-42(28-38)60-49-23-19-37(9)26-47(49)45-22-21-41(31-51(45)60)61-50-24-20-40(56(10,11)12)30-48(50)46-18-15-25-58-54(46)61/h14-31,33-36,53H,32H2,1-13H3/t57-/m0/s1. The van der Waals surface area contributed by atoms with Gasteiger partial charge in [0.25, 0.3) is 0 Å². The predicted molar refractivity (Wildman–Crippen MR) is 264 cm³/mol. The second-order valence-electron chi connectivity index (χ2n) is 20.7. The van der Waals surface area contributed by atoms with Crippen LogP contribution in [0.5, 0.6) is 0 Å². The Morgan fingerprint density at radius 3 is 1.95 bits per heavy atom. The highest BCUT2D eigenvalue weighted by Gasteiger charge is 2.43. The van der Waals surface area contributed by atoms with Crippen LogP contribution in [-0.2, 0) is 10.2 Å². The summed E-state index contributed by atoms with van der Waals surface area (Å²) >= 11 is 0. The van der Waals surface area contributed by atoms with Crippen LogP contribution in [0.4, 0.5) is 0 Å². The Morgan fingerprint density at radius 1 is 0.613 bits per heavy atom. The number of rotatable bonds is 9. The van der Waals surface area contributed by atoms with Crippen LogP contribution >= 0.6 is 0 Å². The first kappa shape index (κ1) is 41.7. The number of fused-ring (bicyclic) bond motifs is 6. The largest absolute Gasteiger partial charge is 0.475 e. The number of nitrogens with zero attached hydrogens (tertiary/aromatic N) is 4. The molecule has 3 aromatic heterocycles. The molecule has 4 heterocycles. The Bertz CT molecular complexity index is 3020. The van der Waals surface area contributed by atoms with E-state index in [1.807, 2.05) is 6.20 Å². The van der Waals surface area contributed by atoms with E-state index >= 15 is 0 Å². The molecule has 0 bridgehead atoms. The van der Waals surface area contributed by atoms with E-state index in [0.29, 0.717) is 36.2 Å². The number of hydrogen-bond acceptors (Lipinski definition) is 3. The topological polar surface area (TPSA) is 44.3 Å². The normalized spacial score (nSPS) is 16.1. The molecule has 0 unspecified atom stereocenters. The van der Waals surface area contributed by atoms with Gasteiger partial charge in [-0.05, 0) is 143 Å². The molecule has 5 aromatic carbocycles. The summed E-state index contributed by atoms with van der Waals surface area (Å²) in [6.45, 7) is 30.5. The molecule has 1 atom stereocenters. The first-order valence-electron chi connectivity index (χ1n) is 22.9. The fourth-order valence-corrected chi connectivity index (χ4v) is 11.0. The van der Waals surface area contributed by atoms with Crippen LogP contribution in [0.1, 0.15) is 123 Å². The van der Waals surface area contributed by atoms with Crippen molar-refractivity contribution in [2.45, 2.75) is 113 Å². The van der Waals surface area contributed by atoms with Crippen LogP contribution < -0.4 is 0 Å². The van der Waals surface area contributed by atoms with Gasteiger partial charge in [-0.25, -0.2) is 9.98 Å². The zero-order valence-corrected chi connectivity index (χ0v) is 39.2. The highest BCUT2D eigenvalue weighted by atomic mass is 16.5. The van der Waals surface area contributed by atoms with Gasteiger partial charge in [0.15, 0.2) is 0 Å². The third-order valence-electron chi connectivity index (χ3n) is 13.7. The number of aromatic nitrogens is 3. The molecule has 9 rings (SSSR count). The van der Waals surface area contributed by atoms with E-state index < -0.39 is 0 Å². The Morgan fingerprint density at radius 2 is 1.27 bits per heavy atom. The van der Waals surface area contributed by atoms with Gasteiger partial charge < -0.3 is 9.30 Å². The summed E-state index contributed by atoms with van der Waals surface area (Å²) in [5.41, 5.74) is 15.1. The average Bonchev–Trinajstić information content (AvgIpc) is 3.88. The molecule has 0 fully saturated rings. The lowest BCUT2D eigenvalue weighted by molar-refractivity contribution is 0.129. The summed E-state index contributed by atoms with van der Waals surface area (Å²) in [7, 11) is 0. The van der Waals surface area contributed by atoms with E-state index in [1.165, 1.54) is 55.1 Å². The molecule has 0 N–H and O–H groups in total. The van der Waals surface area contributed by atoms with Crippen molar-refractivity contribution >= 4 is 49.6 Å². The number of hydrogen-bond donors (Lipinski definition) is 0. The van der Waals surface area contributed by atoms with Crippen LogP contribution in [0.2, 0.25) is 0 Å². The fraction of sp³-hybridized carbons (Fsp3) is 0.368. The number of aliphatic imine (C=N–C) groups is 1. The van der Waals surface area contributed by atoms with E-state index in [9.17, 15) is 0 Å². The van der Waals surface area contributed by atoms with Gasteiger partial charge >= 0.3 is 0 Å². The summed E-state index contributed by atoms with van der Waals surface area (Å²) in [5.74, 6) is 2.75. The maximum atomic E-state index is 6.75. The lowest BCUT2D eigenvalue weighted by atomic mass is 9.72. The summed E-state index contributed by atoms with van der Waals surface area (Å²) in [6.07, 6.45) is 1.91. The molecule has 0 saturated carbocycles. The van der Waals surface area contributed by atoms with Crippen LogP contribution in [0, 0.1) is 24.7 Å². The minimum Gasteiger partial charge on any atom is -0.475 e. The molecule has 8 aromatic rings. The minimum atomic E-state index is -0.323. The summed E-state index contributed by atoms with van der Waals surface area (Å²) in [5, 5.41) is 4.83. The Kier molecular flexibility index (Phi) is 10.3. The fourth-order valence-electron chi connectivity index (χ4n) is 11.0. The summed E-state index contributed by atoms with van der Waals surface area (Å²) in [4.78, 5) is 10.6. The summed E-state index contributed by atoms with van der Waals surface area (Å²) in [6, 6.07) is 39.0. The molecule has 62 heavy (non-hydrogen) atoms. The van der Waals surface area contributed by atoms with Crippen molar-refractivity contribution in [2.75, 3.05) is 6.61 Å². The summed E-state index contributed by atoms with van der Waals surface area (Å²) < 4.78 is 11.6. The second-order valence-corrected chi connectivity index (χ2v) is 20.7. The van der Waals surface area contributed by atoms with E-state index in [4.69, 9.17) is 14.7 Å². The second kappa shape index (κ2) is 15.3. The van der Waals surface area contributed by atoms with Gasteiger partial charge in [0.05, 0.1) is 22.1 Å². The smallest absolute Gasteiger partial charge is 0.216 e. The quantitative estimate of drug-likeness (QED) is 0.146. The molecular formula is C57H64N4O. The van der Waals surface area contributed by atoms with Crippen LogP contribution in [0.25, 0.3) is 66.2 Å². The van der Waals surface area contributed by atoms with Crippen molar-refractivity contribution in [1.82, 2.24) is 14.1 Å². The highest BCUT2D eigenvalue weighted by molar-refractivity contribution is 6.12. The van der Waals surface area contributed by atoms with Gasteiger partial charge in [0, 0.05) is 44.7 Å². The Hall–Kier alpha value is -5.68. The van der Waals surface area contributed by atoms with Crippen LogP contribution in [-0.4, -0.2) is 32.2 Å². The molecule has 5 heteroatoms. The van der Waals surface area contributed by atoms with Crippen LogP contribution in [0.3, 0.4) is 0 Å². The molecule has 0 radical (unpaired) electrons. The Labute approximate surface area is 368 Å². The SMILES string of the molecule is Cc1ccc2c(c1)c1ccc(-n3c4ccc(C(C)(C)C)cc4c4cccnc43)cc1n2-c1cc(C2=N[C@](C)(C(C(C)C)C(C)C)CO2)cc(-c2c(C(C)C)cccc2C(C)C)c1. The molecule has 1 aliphatic heterocycles. The van der Waals surface area contributed by atoms with Gasteiger partial charge in [-0.1, -0.05) is 118 Å². The number of pyridine rings is 1. The minimum absolute atomic E-state index is 0.0279. The maximum Gasteiger partial charge on any atom is 0.216 e. The van der Waals surface area contributed by atoms with Gasteiger partial charge in [0.2, 0.25) is 5.90 Å². The van der Waals surface area contributed by atoms with Crippen molar-refractivity contribution in [2.24, 2.45) is 22.7 Å². The third kappa shape index (κ3) is 6.93. The third-order valence-corrected chi connectivity index (χ3v) is 13.7. The molecule has 0 spiro atoms. The number of ether oxygens (including phenoxy) is 1. The molecule has 0 aliphatic carbocycles. The van der Waals surface area contributed by atoms with Gasteiger partial charge in [0.1, 0.15) is 12.3 Å². The van der Waals surface area contributed by atoms with Gasteiger partial charge in [-0.3, -0.25) is 4.57 Å². The predicted octanol–water partition coefficient (Wildman–Crippen LogP) is 15.3. The van der Waals surface area contributed by atoms with Gasteiger partial charge in [-0.15, -0.1) is 0 Å². The van der Waals surface area contributed by atoms with Crippen molar-refractivity contribution in [3.8, 4) is 22.5 Å². The molecule has 1 aliphatic rings. The van der Waals surface area contributed by atoms with E-state index in [2.05, 4.69) is 202 Å². The molecule has 0 saturated heterocycles. The van der Waals surface area contributed by atoms with E-state index in [1.54, 1.807) is 0 Å². The van der Waals surface area contributed by atoms with Crippen molar-refractivity contribution in [3.63, 3.8) is 0 Å². The highest BCUT2D eigenvalue weighted by Crippen LogP contribution is 2.43. The Balaban J connectivity index is 1.35. The first-order valence-corrected chi connectivity index (χ1v) is 22.9. The van der Waals surface area contributed by atoms with E-state index in [-0.39, 0.29) is 11.0 Å². The zero-order chi connectivity index (χ0) is 44.0. The first-order chi connectivity index (χ1) is 29.4. The number of benzene rings is 5. The number of aryl methyl sites for hydroxylation is 1. The van der Waals surface area contributed by atoms with E-state index in [0.717, 1.165) is 44.9 Å². The molecular weight excluding hydrogens is 757 g/mol. The lowest BCUT2D eigenvalue weighted by Gasteiger charge is -2.36. The molecule has 318 valence electrons. The van der Waals surface area contributed by atoms with Gasteiger partial charge in [-0.2, -0.15) is 0 Å². The lowest BCUT2D eigenvalue weighted by Crippen LogP contribution is -2.40. The molecule has 5 nitrogen and oxygen atoms in total. The molecule has 0 amide bonds. The van der Waals surface area contributed by atoms with Crippen molar-refractivity contribution in [3.05, 3.63) is 137 Å². The monoisotopic (exact) mass is 821 g/mol. The maximum absolute atomic E-state index is 6.75. The van der Waals surface area contributed by atoms with Crippen LogP contribution in [0.15, 0.2) is 114 Å². The average molecular weight is 821 g/mol. The van der Waals surface area contributed by atoms with Crippen molar-refractivity contribution < 1.29 is 4.74 Å². The zero-order valence-electron chi connectivity index (χ0n) is 39.2.